The summed E-state index contributed by atoms with van der Waals surface area (Å²) in [6.45, 7) is 0. The van der Waals surface area contributed by atoms with Crippen molar-refractivity contribution in [1.29, 1.82) is 0 Å². The predicted octanol–water partition coefficient (Wildman–Crippen LogP) is 2.91. The Hall–Kier alpha value is -1.82. The van der Waals surface area contributed by atoms with Crippen molar-refractivity contribution >= 4 is 38.7 Å². The van der Waals surface area contributed by atoms with Crippen molar-refractivity contribution in [3.63, 3.8) is 0 Å². The van der Waals surface area contributed by atoms with Crippen LogP contribution in [0.15, 0.2) is 28.9 Å². The van der Waals surface area contributed by atoms with E-state index in [2.05, 4.69) is 26.2 Å². The minimum atomic E-state index is -0.776. The molecule has 1 amide bonds. The Morgan fingerprint density at radius 3 is 2.86 bits per heavy atom. The second-order valence-corrected chi connectivity index (χ2v) is 6.24. The van der Waals surface area contributed by atoms with Gasteiger partial charge in [-0.05, 0) is 31.4 Å². The fourth-order valence-corrected chi connectivity index (χ4v) is 3.50. The van der Waals surface area contributed by atoms with Gasteiger partial charge in [0, 0.05) is 27.6 Å². The van der Waals surface area contributed by atoms with Crippen LogP contribution in [0.4, 0.5) is 0 Å². The molecule has 2 atom stereocenters. The van der Waals surface area contributed by atoms with E-state index >= 15 is 0 Å². The van der Waals surface area contributed by atoms with E-state index in [1.165, 1.54) is 0 Å². The molecule has 1 aromatic carbocycles. The number of carboxylic acids is 1. The highest BCUT2D eigenvalue weighted by molar-refractivity contribution is 9.10. The van der Waals surface area contributed by atoms with Crippen LogP contribution >= 0.6 is 15.9 Å². The lowest BCUT2D eigenvalue weighted by molar-refractivity contribution is -0.141. The van der Waals surface area contributed by atoms with Gasteiger partial charge in [0.1, 0.15) is 0 Å². The fourth-order valence-electron chi connectivity index (χ4n) is 2.92. The molecule has 5 nitrogen and oxygen atoms in total. The lowest BCUT2D eigenvalue weighted by atomic mass is 10.1. The van der Waals surface area contributed by atoms with Gasteiger partial charge in [-0.3, -0.25) is 9.59 Å². The van der Waals surface area contributed by atoms with E-state index in [4.69, 9.17) is 5.11 Å². The summed E-state index contributed by atoms with van der Waals surface area (Å²) in [5.74, 6) is -1.28. The Labute approximate surface area is 129 Å². The quantitative estimate of drug-likeness (QED) is 0.795. The van der Waals surface area contributed by atoms with Gasteiger partial charge in [0.05, 0.1) is 11.5 Å². The van der Waals surface area contributed by atoms with Crippen LogP contribution < -0.4 is 5.32 Å². The second-order valence-electron chi connectivity index (χ2n) is 5.38. The highest BCUT2D eigenvalue weighted by Crippen LogP contribution is 2.29. The molecule has 3 N–H and O–H groups in total. The van der Waals surface area contributed by atoms with Crippen molar-refractivity contribution in [2.75, 3.05) is 0 Å². The second kappa shape index (κ2) is 5.52. The molecule has 0 spiro atoms. The molecule has 110 valence electrons. The van der Waals surface area contributed by atoms with Crippen molar-refractivity contribution in [3.8, 4) is 0 Å². The van der Waals surface area contributed by atoms with Crippen LogP contribution in [0.5, 0.6) is 0 Å². The maximum Gasteiger partial charge on any atom is 0.306 e. The Kier molecular flexibility index (Phi) is 3.71. The summed E-state index contributed by atoms with van der Waals surface area (Å²) in [6.07, 6.45) is 3.53. The van der Waals surface area contributed by atoms with E-state index in [1.54, 1.807) is 6.20 Å². The van der Waals surface area contributed by atoms with E-state index in [-0.39, 0.29) is 17.9 Å². The maximum atomic E-state index is 12.4. The third-order valence-electron chi connectivity index (χ3n) is 4.02. The Morgan fingerprint density at radius 2 is 2.14 bits per heavy atom. The third kappa shape index (κ3) is 2.68. The molecular formula is C15H15BrN2O3. The summed E-state index contributed by atoms with van der Waals surface area (Å²) < 4.78 is 0.862. The maximum absolute atomic E-state index is 12.4. The molecule has 1 fully saturated rings. The molecule has 2 aromatic rings. The molecule has 0 bridgehead atoms. The van der Waals surface area contributed by atoms with Crippen molar-refractivity contribution in [3.05, 3.63) is 34.4 Å². The van der Waals surface area contributed by atoms with E-state index in [1.807, 2.05) is 18.2 Å². The zero-order valence-electron chi connectivity index (χ0n) is 11.2. The number of nitrogens with one attached hydrogen (secondary N) is 2. The molecule has 1 aromatic heterocycles. The highest BCUT2D eigenvalue weighted by atomic mass is 79.9. The fraction of sp³-hybridized carbons (Fsp3) is 0.333. The molecule has 1 saturated carbocycles. The standard InChI is InChI=1S/C15H15BrN2O3/c16-11-2-1-3-12-13(11)10(7-17-12)14(19)18-9-5-4-8(6-9)15(20)21/h1-3,7-9,17H,4-6H2,(H,18,19)(H,20,21)/t8-,9+/m1/s1. The number of carboxylic acid groups (broad SMARTS) is 1. The van der Waals surface area contributed by atoms with Crippen molar-refractivity contribution in [1.82, 2.24) is 10.3 Å². The minimum absolute atomic E-state index is 0.0639. The van der Waals surface area contributed by atoms with Crippen molar-refractivity contribution in [2.24, 2.45) is 5.92 Å². The number of aromatic nitrogens is 1. The normalized spacial score (nSPS) is 21.6. The monoisotopic (exact) mass is 350 g/mol. The summed E-state index contributed by atoms with van der Waals surface area (Å²) in [6, 6.07) is 5.64. The number of benzene rings is 1. The first-order chi connectivity index (χ1) is 10.1. The lowest BCUT2D eigenvalue weighted by Gasteiger charge is -2.12. The molecule has 1 heterocycles. The number of fused-ring (bicyclic) bond motifs is 1. The summed E-state index contributed by atoms with van der Waals surface area (Å²) in [7, 11) is 0. The number of amides is 1. The van der Waals surface area contributed by atoms with Gasteiger partial charge in [0.2, 0.25) is 0 Å². The first kappa shape index (κ1) is 14.1. The van der Waals surface area contributed by atoms with Crippen LogP contribution in [0.3, 0.4) is 0 Å². The van der Waals surface area contributed by atoms with Crippen LogP contribution in [0.1, 0.15) is 29.6 Å². The summed E-state index contributed by atoms with van der Waals surface area (Å²) in [4.78, 5) is 26.4. The molecule has 0 aliphatic heterocycles. The molecule has 1 aliphatic carbocycles. The van der Waals surface area contributed by atoms with Crippen LogP contribution in [0.2, 0.25) is 0 Å². The van der Waals surface area contributed by atoms with Gasteiger partial charge in [-0.25, -0.2) is 0 Å². The third-order valence-corrected chi connectivity index (χ3v) is 4.68. The van der Waals surface area contributed by atoms with Crippen LogP contribution in [0.25, 0.3) is 10.9 Å². The van der Waals surface area contributed by atoms with E-state index in [0.717, 1.165) is 15.4 Å². The average molecular weight is 351 g/mol. The highest BCUT2D eigenvalue weighted by Gasteiger charge is 2.31. The van der Waals surface area contributed by atoms with Gasteiger partial charge in [0.15, 0.2) is 0 Å². The number of halogens is 1. The van der Waals surface area contributed by atoms with Gasteiger partial charge in [-0.15, -0.1) is 0 Å². The average Bonchev–Trinajstić information content (AvgIpc) is 3.05. The number of carbonyl (C=O) groups excluding carboxylic acids is 1. The summed E-state index contributed by atoms with van der Waals surface area (Å²) in [5, 5.41) is 12.8. The molecule has 0 radical (unpaired) electrons. The van der Waals surface area contributed by atoms with Crippen LogP contribution in [0, 0.1) is 5.92 Å². The van der Waals surface area contributed by atoms with Crippen LogP contribution in [-0.4, -0.2) is 28.0 Å². The largest absolute Gasteiger partial charge is 0.481 e. The zero-order chi connectivity index (χ0) is 15.0. The molecule has 0 unspecified atom stereocenters. The number of H-pyrrole nitrogens is 1. The Balaban J connectivity index is 1.78. The van der Waals surface area contributed by atoms with E-state index in [0.29, 0.717) is 24.8 Å². The predicted molar refractivity (Wildman–Crippen MR) is 82.2 cm³/mol. The number of rotatable bonds is 3. The Bertz CT molecular complexity index is 710. The summed E-state index contributed by atoms with van der Waals surface area (Å²) in [5.41, 5.74) is 1.47. The lowest BCUT2D eigenvalue weighted by Crippen LogP contribution is -2.33. The van der Waals surface area contributed by atoms with Gasteiger partial charge in [-0.2, -0.15) is 0 Å². The first-order valence-corrected chi connectivity index (χ1v) is 7.65. The minimum Gasteiger partial charge on any atom is -0.481 e. The van der Waals surface area contributed by atoms with Crippen molar-refractivity contribution < 1.29 is 14.7 Å². The SMILES string of the molecule is O=C(N[C@H]1CC[C@@H](C(=O)O)C1)c1c[nH]c2cccc(Br)c12. The van der Waals surface area contributed by atoms with Gasteiger partial charge < -0.3 is 15.4 Å². The number of hydrogen-bond donors (Lipinski definition) is 3. The van der Waals surface area contributed by atoms with Crippen molar-refractivity contribution in [2.45, 2.75) is 25.3 Å². The molecule has 21 heavy (non-hydrogen) atoms. The number of aromatic amines is 1. The number of carbonyl (C=O) groups is 2. The van der Waals surface area contributed by atoms with Gasteiger partial charge in [0.25, 0.3) is 5.91 Å². The van der Waals surface area contributed by atoms with Crippen LogP contribution in [-0.2, 0) is 4.79 Å². The molecule has 6 heteroatoms. The van der Waals surface area contributed by atoms with Gasteiger partial charge >= 0.3 is 5.97 Å². The molecule has 0 saturated heterocycles. The molecular weight excluding hydrogens is 336 g/mol. The number of hydrogen-bond acceptors (Lipinski definition) is 2. The van der Waals surface area contributed by atoms with Gasteiger partial charge in [-0.1, -0.05) is 22.0 Å². The van der Waals surface area contributed by atoms with E-state index in [9.17, 15) is 9.59 Å². The molecule has 1 aliphatic rings. The molecule has 3 rings (SSSR count). The topological polar surface area (TPSA) is 82.2 Å². The summed E-state index contributed by atoms with van der Waals surface area (Å²) >= 11 is 3.46. The Morgan fingerprint density at radius 1 is 1.33 bits per heavy atom. The zero-order valence-corrected chi connectivity index (χ0v) is 12.8. The number of aliphatic carboxylic acids is 1. The smallest absolute Gasteiger partial charge is 0.306 e. The van der Waals surface area contributed by atoms with E-state index < -0.39 is 5.97 Å². The first-order valence-electron chi connectivity index (χ1n) is 6.85.